The summed E-state index contributed by atoms with van der Waals surface area (Å²) in [6.07, 6.45) is 10.6. The molecule has 1 heterocycles. The van der Waals surface area contributed by atoms with Crippen LogP contribution in [-0.4, -0.2) is 40.4 Å². The largest absolute Gasteiger partial charge is 0.462 e. The number of esters is 1. The SMILES string of the molecule is Cc1ccc([C@@H](O)CNC(=O)CCC(=O)O[C@@H]2CC[C@H]3[C@@H]4CCC5=CC(=O)CC[C@]5(C)[C@H]4CC[C@]23C)cn1. The zero-order chi connectivity index (χ0) is 27.1. The standard InChI is InChI=1S/C31H42N2O5/c1-19-4-5-20(17-32-19)26(35)18-33-28(36)10-11-29(37)38-27-9-8-24-23-7-6-21-16-22(34)12-14-30(21,2)25(23)13-15-31(24,27)3/h4-5,16-17,23-27,35H,6-15,18H2,1-3H3,(H,33,36)/t23-,24-,25-,26-,27+,30-,31-/m0/s1. The van der Waals surface area contributed by atoms with E-state index in [9.17, 15) is 19.5 Å². The molecule has 1 aromatic rings. The number of aliphatic hydroxyl groups is 1. The third-order valence-corrected chi connectivity index (χ3v) is 10.5. The summed E-state index contributed by atoms with van der Waals surface area (Å²) in [7, 11) is 0. The van der Waals surface area contributed by atoms with Gasteiger partial charge in [0, 0.05) is 42.3 Å². The molecule has 2 N–H and O–H groups in total. The predicted molar refractivity (Wildman–Crippen MR) is 143 cm³/mol. The summed E-state index contributed by atoms with van der Waals surface area (Å²) in [5, 5.41) is 13.0. The van der Waals surface area contributed by atoms with E-state index in [2.05, 4.69) is 24.1 Å². The number of fused-ring (bicyclic) bond motifs is 5. The number of nitrogens with zero attached hydrogens (tertiary/aromatic N) is 1. The van der Waals surface area contributed by atoms with Gasteiger partial charge in [-0.25, -0.2) is 0 Å². The van der Waals surface area contributed by atoms with Crippen LogP contribution in [0.3, 0.4) is 0 Å². The van der Waals surface area contributed by atoms with Crippen LogP contribution in [0.2, 0.25) is 0 Å². The topological polar surface area (TPSA) is 106 Å². The van der Waals surface area contributed by atoms with Gasteiger partial charge in [-0.3, -0.25) is 19.4 Å². The first-order valence-electron chi connectivity index (χ1n) is 14.4. The normalized spacial score (nSPS) is 34.8. The number of carbonyl (C=O) groups is 3. The lowest BCUT2D eigenvalue weighted by atomic mass is 9.47. The Balaban J connectivity index is 1.12. The average Bonchev–Trinajstić information content (AvgIpc) is 3.22. The minimum absolute atomic E-state index is 0.0205. The van der Waals surface area contributed by atoms with Crippen LogP contribution < -0.4 is 5.32 Å². The highest BCUT2D eigenvalue weighted by Gasteiger charge is 2.59. The molecule has 0 aliphatic heterocycles. The molecule has 1 aromatic heterocycles. The maximum absolute atomic E-state index is 12.8. The van der Waals surface area contributed by atoms with Gasteiger partial charge in [0.25, 0.3) is 0 Å². The molecule has 0 bridgehead atoms. The molecular formula is C31H42N2O5. The quantitative estimate of drug-likeness (QED) is 0.500. The number of allylic oxidation sites excluding steroid dienone is 1. The summed E-state index contributed by atoms with van der Waals surface area (Å²) in [5.41, 5.74) is 3.00. The lowest BCUT2D eigenvalue weighted by Gasteiger charge is -2.57. The highest BCUT2D eigenvalue weighted by atomic mass is 16.5. The van der Waals surface area contributed by atoms with Crippen molar-refractivity contribution >= 4 is 17.7 Å². The molecule has 3 fully saturated rings. The van der Waals surface area contributed by atoms with E-state index in [-0.39, 0.29) is 54.0 Å². The molecule has 7 heteroatoms. The summed E-state index contributed by atoms with van der Waals surface area (Å²) in [5.74, 6) is 1.46. The number of ether oxygens (including phenoxy) is 1. The Morgan fingerprint density at radius 2 is 1.92 bits per heavy atom. The molecular weight excluding hydrogens is 480 g/mol. The second kappa shape index (κ2) is 10.6. The summed E-state index contributed by atoms with van der Waals surface area (Å²) >= 11 is 0. The molecule has 38 heavy (non-hydrogen) atoms. The fourth-order valence-corrected chi connectivity index (χ4v) is 8.23. The maximum Gasteiger partial charge on any atom is 0.306 e. The van der Waals surface area contributed by atoms with Crippen molar-refractivity contribution in [3.05, 3.63) is 41.2 Å². The zero-order valence-corrected chi connectivity index (χ0v) is 23.0. The Morgan fingerprint density at radius 3 is 2.68 bits per heavy atom. The molecule has 0 spiro atoms. The number of aliphatic hydroxyl groups excluding tert-OH is 1. The predicted octanol–water partition coefficient (Wildman–Crippen LogP) is 4.76. The first kappa shape index (κ1) is 27.0. The van der Waals surface area contributed by atoms with Gasteiger partial charge < -0.3 is 15.2 Å². The molecule has 0 aromatic carbocycles. The molecule has 0 saturated heterocycles. The highest BCUT2D eigenvalue weighted by molar-refractivity contribution is 5.91. The first-order chi connectivity index (χ1) is 18.1. The molecule has 7 atom stereocenters. The van der Waals surface area contributed by atoms with E-state index in [0.29, 0.717) is 29.7 Å². The van der Waals surface area contributed by atoms with Crippen LogP contribution in [0.5, 0.6) is 0 Å². The second-order valence-electron chi connectivity index (χ2n) is 12.6. The van der Waals surface area contributed by atoms with Gasteiger partial charge in [0.1, 0.15) is 6.10 Å². The Kier molecular flexibility index (Phi) is 7.51. The van der Waals surface area contributed by atoms with E-state index < -0.39 is 6.10 Å². The van der Waals surface area contributed by atoms with Gasteiger partial charge in [-0.2, -0.15) is 0 Å². The number of amides is 1. The number of pyridine rings is 1. The third kappa shape index (κ3) is 5.06. The van der Waals surface area contributed by atoms with Gasteiger partial charge in [0.2, 0.25) is 5.91 Å². The van der Waals surface area contributed by atoms with Crippen molar-refractivity contribution in [2.75, 3.05) is 6.54 Å². The number of aryl methyl sites for hydroxylation is 1. The van der Waals surface area contributed by atoms with Crippen molar-refractivity contribution in [3.63, 3.8) is 0 Å². The van der Waals surface area contributed by atoms with Gasteiger partial charge in [0.15, 0.2) is 5.78 Å². The highest BCUT2D eigenvalue weighted by Crippen LogP contribution is 2.65. The Labute approximate surface area is 225 Å². The van der Waals surface area contributed by atoms with Crippen LogP contribution in [0.15, 0.2) is 30.0 Å². The van der Waals surface area contributed by atoms with E-state index in [1.54, 1.807) is 12.3 Å². The van der Waals surface area contributed by atoms with Crippen molar-refractivity contribution in [2.24, 2.45) is 28.6 Å². The van der Waals surface area contributed by atoms with Crippen molar-refractivity contribution in [1.82, 2.24) is 10.3 Å². The number of nitrogens with one attached hydrogen (secondary N) is 1. The molecule has 206 valence electrons. The monoisotopic (exact) mass is 522 g/mol. The number of rotatable bonds is 7. The molecule has 4 aliphatic carbocycles. The smallest absolute Gasteiger partial charge is 0.306 e. The van der Waals surface area contributed by atoms with Crippen LogP contribution in [0.1, 0.15) is 95.4 Å². The number of carbonyl (C=O) groups excluding carboxylic acids is 3. The molecule has 4 aliphatic rings. The molecule has 0 radical (unpaired) electrons. The number of hydrogen-bond donors (Lipinski definition) is 2. The minimum Gasteiger partial charge on any atom is -0.462 e. The lowest BCUT2D eigenvalue weighted by Crippen LogP contribution is -2.51. The van der Waals surface area contributed by atoms with Crippen LogP contribution >= 0.6 is 0 Å². The zero-order valence-electron chi connectivity index (χ0n) is 23.0. The van der Waals surface area contributed by atoms with Crippen molar-refractivity contribution < 1.29 is 24.2 Å². The van der Waals surface area contributed by atoms with E-state index in [1.807, 2.05) is 19.1 Å². The maximum atomic E-state index is 12.8. The van der Waals surface area contributed by atoms with Crippen molar-refractivity contribution in [3.8, 4) is 0 Å². The lowest BCUT2D eigenvalue weighted by molar-refractivity contribution is -0.160. The summed E-state index contributed by atoms with van der Waals surface area (Å²) < 4.78 is 6.03. The van der Waals surface area contributed by atoms with Gasteiger partial charge in [-0.1, -0.05) is 25.5 Å². The molecule has 0 unspecified atom stereocenters. The average molecular weight is 523 g/mol. The van der Waals surface area contributed by atoms with Gasteiger partial charge in [-0.05, 0) is 87.2 Å². The minimum atomic E-state index is -0.841. The first-order valence-corrected chi connectivity index (χ1v) is 14.4. The molecule has 1 amide bonds. The fourth-order valence-electron chi connectivity index (χ4n) is 8.23. The summed E-state index contributed by atoms with van der Waals surface area (Å²) in [6.45, 7) is 6.65. The number of aromatic nitrogens is 1. The Morgan fingerprint density at radius 1 is 1.11 bits per heavy atom. The second-order valence-corrected chi connectivity index (χ2v) is 12.6. The molecule has 3 saturated carbocycles. The Bertz CT molecular complexity index is 1110. The van der Waals surface area contributed by atoms with E-state index in [1.165, 1.54) is 5.57 Å². The molecule has 7 nitrogen and oxygen atoms in total. The molecule has 5 rings (SSSR count). The van der Waals surface area contributed by atoms with Gasteiger partial charge >= 0.3 is 5.97 Å². The Hall–Kier alpha value is -2.54. The number of ketones is 1. The third-order valence-electron chi connectivity index (χ3n) is 10.5. The summed E-state index contributed by atoms with van der Waals surface area (Å²) in [4.78, 5) is 41.3. The van der Waals surface area contributed by atoms with E-state index in [4.69, 9.17) is 4.74 Å². The van der Waals surface area contributed by atoms with Crippen LogP contribution in [-0.2, 0) is 19.1 Å². The van der Waals surface area contributed by atoms with Crippen LogP contribution in [0.4, 0.5) is 0 Å². The van der Waals surface area contributed by atoms with E-state index in [0.717, 1.165) is 50.6 Å². The summed E-state index contributed by atoms with van der Waals surface area (Å²) in [6, 6.07) is 3.61. The number of hydrogen-bond acceptors (Lipinski definition) is 6. The van der Waals surface area contributed by atoms with Crippen LogP contribution in [0, 0.1) is 35.5 Å². The fraction of sp³-hybridized carbons (Fsp3) is 0.677. The van der Waals surface area contributed by atoms with Gasteiger partial charge in [-0.15, -0.1) is 0 Å². The van der Waals surface area contributed by atoms with Crippen molar-refractivity contribution in [1.29, 1.82) is 0 Å². The van der Waals surface area contributed by atoms with Crippen LogP contribution in [0.25, 0.3) is 0 Å². The van der Waals surface area contributed by atoms with Gasteiger partial charge in [0.05, 0.1) is 12.5 Å². The van der Waals surface area contributed by atoms with Crippen molar-refractivity contribution in [2.45, 2.75) is 97.2 Å². The van der Waals surface area contributed by atoms with E-state index >= 15 is 0 Å².